The second-order valence-corrected chi connectivity index (χ2v) is 7.20. The second-order valence-electron chi connectivity index (χ2n) is 7.20. The van der Waals surface area contributed by atoms with Crippen LogP contribution in [0.4, 0.5) is 4.39 Å². The molecule has 6 nitrogen and oxygen atoms in total. The van der Waals surface area contributed by atoms with E-state index in [-0.39, 0.29) is 5.82 Å². The van der Waals surface area contributed by atoms with Crippen LogP contribution in [0.3, 0.4) is 0 Å². The molecule has 7 heteroatoms. The van der Waals surface area contributed by atoms with E-state index in [1.165, 1.54) is 12.1 Å². The van der Waals surface area contributed by atoms with E-state index in [4.69, 9.17) is 4.74 Å². The van der Waals surface area contributed by atoms with Crippen LogP contribution in [0.25, 0.3) is 0 Å². The van der Waals surface area contributed by atoms with Crippen LogP contribution < -0.4 is 15.4 Å². The van der Waals surface area contributed by atoms with Crippen molar-refractivity contribution in [1.82, 2.24) is 20.5 Å². The lowest BCUT2D eigenvalue weighted by Crippen LogP contribution is -2.42. The number of aromatic nitrogens is 1. The fourth-order valence-electron chi connectivity index (χ4n) is 3.07. The monoisotopic (exact) mass is 415 g/mol. The van der Waals surface area contributed by atoms with E-state index < -0.39 is 0 Å². The standard InChI is InChI=1S/C23H34FN5O/c1-5-29(6-2)14-8-9-18(3)28-23(25-4)27-17-19-12-13-22(26-16-19)30-21-11-7-10-20(24)15-21/h7,10-13,15-16,18H,5-6,8-9,14,17H2,1-4H3,(H2,25,27,28). The summed E-state index contributed by atoms with van der Waals surface area (Å²) in [5.74, 6) is 1.28. The van der Waals surface area contributed by atoms with Crippen LogP contribution in [0.1, 0.15) is 39.2 Å². The van der Waals surface area contributed by atoms with Crippen LogP contribution in [0, 0.1) is 5.82 Å². The van der Waals surface area contributed by atoms with E-state index in [2.05, 4.69) is 46.3 Å². The van der Waals surface area contributed by atoms with E-state index in [0.29, 0.717) is 24.2 Å². The molecule has 164 valence electrons. The molecule has 1 aromatic heterocycles. The molecule has 2 aromatic rings. The molecule has 0 radical (unpaired) electrons. The number of benzene rings is 1. The van der Waals surface area contributed by atoms with Gasteiger partial charge >= 0.3 is 0 Å². The molecule has 0 saturated carbocycles. The number of pyridine rings is 1. The van der Waals surface area contributed by atoms with Crippen molar-refractivity contribution < 1.29 is 9.13 Å². The first-order chi connectivity index (χ1) is 14.5. The van der Waals surface area contributed by atoms with Gasteiger partial charge in [0.15, 0.2) is 5.96 Å². The normalized spacial score (nSPS) is 12.7. The van der Waals surface area contributed by atoms with Crippen LogP contribution in [0.15, 0.2) is 47.6 Å². The van der Waals surface area contributed by atoms with E-state index in [1.54, 1.807) is 31.4 Å². The average Bonchev–Trinajstić information content (AvgIpc) is 2.75. The number of halogens is 1. The summed E-state index contributed by atoms with van der Waals surface area (Å²) >= 11 is 0. The number of hydrogen-bond acceptors (Lipinski definition) is 4. The van der Waals surface area contributed by atoms with Crippen LogP contribution in [0.2, 0.25) is 0 Å². The molecule has 2 N–H and O–H groups in total. The summed E-state index contributed by atoms with van der Waals surface area (Å²) in [6.45, 7) is 10.5. The molecule has 0 fully saturated rings. The maximum Gasteiger partial charge on any atom is 0.219 e. The molecule has 0 amide bonds. The third kappa shape index (κ3) is 8.37. The summed E-state index contributed by atoms with van der Waals surface area (Å²) in [4.78, 5) is 11.0. The van der Waals surface area contributed by atoms with Gasteiger partial charge in [-0.1, -0.05) is 26.0 Å². The van der Waals surface area contributed by atoms with Gasteiger partial charge in [-0.2, -0.15) is 0 Å². The lowest BCUT2D eigenvalue weighted by Gasteiger charge is -2.21. The van der Waals surface area contributed by atoms with Crippen LogP contribution in [-0.4, -0.2) is 48.6 Å². The molecule has 1 heterocycles. The number of nitrogens with zero attached hydrogens (tertiary/aromatic N) is 3. The van der Waals surface area contributed by atoms with Crippen molar-refractivity contribution >= 4 is 5.96 Å². The second kappa shape index (κ2) is 12.8. The predicted octanol–water partition coefficient (Wildman–Crippen LogP) is 4.19. The first kappa shape index (κ1) is 23.6. The molecular formula is C23H34FN5O. The lowest BCUT2D eigenvalue weighted by molar-refractivity contribution is 0.292. The van der Waals surface area contributed by atoms with Gasteiger partial charge in [-0.3, -0.25) is 4.99 Å². The quantitative estimate of drug-likeness (QED) is 0.426. The van der Waals surface area contributed by atoms with Gasteiger partial charge in [0.05, 0.1) is 0 Å². The highest BCUT2D eigenvalue weighted by molar-refractivity contribution is 5.79. The molecule has 0 aliphatic rings. The Morgan fingerprint density at radius 3 is 2.67 bits per heavy atom. The van der Waals surface area contributed by atoms with Gasteiger partial charge in [0, 0.05) is 38.0 Å². The van der Waals surface area contributed by atoms with Crippen molar-refractivity contribution in [1.29, 1.82) is 0 Å². The molecule has 1 atom stereocenters. The number of ether oxygens (including phenoxy) is 1. The van der Waals surface area contributed by atoms with Crippen molar-refractivity contribution in [3.05, 3.63) is 54.0 Å². The number of nitrogens with one attached hydrogen (secondary N) is 2. The molecule has 0 bridgehead atoms. The Balaban J connectivity index is 1.76. The zero-order chi connectivity index (χ0) is 21.8. The Morgan fingerprint density at radius 2 is 2.03 bits per heavy atom. The molecular weight excluding hydrogens is 381 g/mol. The molecule has 0 spiro atoms. The summed E-state index contributed by atoms with van der Waals surface area (Å²) in [6.07, 6.45) is 3.98. The Hall–Kier alpha value is -2.67. The molecule has 0 aliphatic carbocycles. The number of guanidine groups is 1. The number of aliphatic imine (C=N–C) groups is 1. The summed E-state index contributed by atoms with van der Waals surface area (Å²) in [6, 6.07) is 10.0. The highest BCUT2D eigenvalue weighted by Crippen LogP contribution is 2.19. The van der Waals surface area contributed by atoms with Gasteiger partial charge in [-0.15, -0.1) is 0 Å². The first-order valence-corrected chi connectivity index (χ1v) is 10.6. The van der Waals surface area contributed by atoms with Crippen LogP contribution in [0.5, 0.6) is 11.6 Å². The minimum atomic E-state index is -0.338. The summed E-state index contributed by atoms with van der Waals surface area (Å²) < 4.78 is 18.8. The largest absolute Gasteiger partial charge is 0.439 e. The predicted molar refractivity (Wildman–Crippen MR) is 121 cm³/mol. The highest BCUT2D eigenvalue weighted by Gasteiger charge is 2.07. The highest BCUT2D eigenvalue weighted by atomic mass is 19.1. The van der Waals surface area contributed by atoms with Gasteiger partial charge < -0.3 is 20.3 Å². The zero-order valence-corrected chi connectivity index (χ0v) is 18.5. The fraction of sp³-hybridized carbons (Fsp3) is 0.478. The first-order valence-electron chi connectivity index (χ1n) is 10.6. The van der Waals surface area contributed by atoms with Crippen LogP contribution in [-0.2, 0) is 6.54 Å². The Labute approximate surface area is 179 Å². The number of hydrogen-bond donors (Lipinski definition) is 2. The van der Waals surface area contributed by atoms with Crippen molar-refractivity contribution in [3.63, 3.8) is 0 Å². The van der Waals surface area contributed by atoms with Crippen molar-refractivity contribution in [2.45, 2.75) is 46.2 Å². The smallest absolute Gasteiger partial charge is 0.219 e. The fourth-order valence-corrected chi connectivity index (χ4v) is 3.07. The van der Waals surface area contributed by atoms with E-state index in [0.717, 1.165) is 44.0 Å². The Bertz CT molecular complexity index is 777. The number of rotatable bonds is 11. The van der Waals surface area contributed by atoms with Crippen molar-refractivity contribution in [2.24, 2.45) is 4.99 Å². The van der Waals surface area contributed by atoms with Gasteiger partial charge in [0.2, 0.25) is 5.88 Å². The van der Waals surface area contributed by atoms with Crippen LogP contribution >= 0.6 is 0 Å². The maximum atomic E-state index is 13.2. The van der Waals surface area contributed by atoms with E-state index in [9.17, 15) is 4.39 Å². The molecule has 1 unspecified atom stereocenters. The van der Waals surface area contributed by atoms with Gasteiger partial charge in [-0.25, -0.2) is 9.37 Å². The Kier molecular flexibility index (Phi) is 10.1. The molecule has 0 saturated heterocycles. The summed E-state index contributed by atoms with van der Waals surface area (Å²) in [7, 11) is 1.77. The van der Waals surface area contributed by atoms with E-state index >= 15 is 0 Å². The topological polar surface area (TPSA) is 61.8 Å². The SMILES string of the molecule is CCN(CC)CCCC(C)NC(=NC)NCc1ccc(Oc2cccc(F)c2)nc1. The van der Waals surface area contributed by atoms with E-state index in [1.807, 2.05) is 6.07 Å². The third-order valence-electron chi connectivity index (χ3n) is 4.89. The van der Waals surface area contributed by atoms with Gasteiger partial charge in [-0.05, 0) is 57.1 Å². The van der Waals surface area contributed by atoms with Crippen molar-refractivity contribution in [2.75, 3.05) is 26.7 Å². The third-order valence-corrected chi connectivity index (χ3v) is 4.89. The molecule has 1 aromatic carbocycles. The minimum absolute atomic E-state index is 0.338. The van der Waals surface area contributed by atoms with Crippen molar-refractivity contribution in [3.8, 4) is 11.6 Å². The van der Waals surface area contributed by atoms with Gasteiger partial charge in [0.1, 0.15) is 11.6 Å². The maximum absolute atomic E-state index is 13.2. The average molecular weight is 416 g/mol. The molecule has 30 heavy (non-hydrogen) atoms. The molecule has 0 aliphatic heterocycles. The lowest BCUT2D eigenvalue weighted by atomic mass is 10.2. The molecule has 2 rings (SSSR count). The minimum Gasteiger partial charge on any atom is -0.439 e. The van der Waals surface area contributed by atoms with Gasteiger partial charge in [0.25, 0.3) is 0 Å². The Morgan fingerprint density at radius 1 is 1.23 bits per heavy atom. The summed E-state index contributed by atoms with van der Waals surface area (Å²) in [5, 5.41) is 6.75. The zero-order valence-electron chi connectivity index (χ0n) is 18.5. The summed E-state index contributed by atoms with van der Waals surface area (Å²) in [5.41, 5.74) is 0.999.